The van der Waals surface area contributed by atoms with E-state index in [-0.39, 0.29) is 5.91 Å². The van der Waals surface area contributed by atoms with Crippen LogP contribution in [0.4, 0.5) is 5.95 Å². The standard InChI is InChI=1S/C23H24N8O2/c1-17-8-9-21(33-2)20(16-17)30-11-10-19(25-30)22(32)28-12-14-29(15-13-28)23-24-26-27-31(23)18-6-4-3-5-7-18/h3-11,16H,12-15H2,1-2H3. The Bertz CT molecular complexity index is 1260. The van der Waals surface area contributed by atoms with Gasteiger partial charge in [0.1, 0.15) is 11.4 Å². The van der Waals surface area contributed by atoms with Crippen molar-refractivity contribution >= 4 is 11.9 Å². The summed E-state index contributed by atoms with van der Waals surface area (Å²) < 4.78 is 8.85. The fourth-order valence-electron chi connectivity index (χ4n) is 3.94. The number of amides is 1. The number of carbonyl (C=O) groups is 1. The van der Waals surface area contributed by atoms with Crippen LogP contribution in [0.3, 0.4) is 0 Å². The minimum Gasteiger partial charge on any atom is -0.494 e. The lowest BCUT2D eigenvalue weighted by Crippen LogP contribution is -2.49. The Morgan fingerprint density at radius 2 is 1.79 bits per heavy atom. The second-order valence-electron chi connectivity index (χ2n) is 7.83. The molecule has 33 heavy (non-hydrogen) atoms. The number of nitrogens with zero attached hydrogens (tertiary/aromatic N) is 8. The Kier molecular flexibility index (Phi) is 5.47. The quantitative estimate of drug-likeness (QED) is 0.465. The highest BCUT2D eigenvalue weighted by Gasteiger charge is 2.27. The van der Waals surface area contributed by atoms with Gasteiger partial charge in [-0.3, -0.25) is 4.79 Å². The van der Waals surface area contributed by atoms with Crippen molar-refractivity contribution < 1.29 is 9.53 Å². The van der Waals surface area contributed by atoms with E-state index in [1.807, 2.05) is 60.4 Å². The number of piperazine rings is 1. The number of hydrogen-bond acceptors (Lipinski definition) is 7. The zero-order valence-corrected chi connectivity index (χ0v) is 18.5. The van der Waals surface area contributed by atoms with Crippen molar-refractivity contribution in [3.05, 3.63) is 72.1 Å². The number of ether oxygens (including phenoxy) is 1. The number of anilines is 1. The van der Waals surface area contributed by atoms with Gasteiger partial charge in [-0.05, 0) is 53.2 Å². The molecule has 4 aromatic rings. The summed E-state index contributed by atoms with van der Waals surface area (Å²) in [5.74, 6) is 1.28. The number of tetrazole rings is 1. The van der Waals surface area contributed by atoms with Crippen LogP contribution in [-0.4, -0.2) is 74.1 Å². The number of carbonyl (C=O) groups excluding carboxylic acids is 1. The van der Waals surface area contributed by atoms with E-state index < -0.39 is 0 Å². The molecule has 0 bridgehead atoms. The summed E-state index contributed by atoms with van der Waals surface area (Å²) in [7, 11) is 1.62. The molecule has 0 atom stereocenters. The number of benzene rings is 2. The maximum Gasteiger partial charge on any atom is 0.274 e. The van der Waals surface area contributed by atoms with Crippen LogP contribution in [0, 0.1) is 6.92 Å². The van der Waals surface area contributed by atoms with Crippen molar-refractivity contribution in [2.45, 2.75) is 6.92 Å². The van der Waals surface area contributed by atoms with E-state index >= 15 is 0 Å². The number of methoxy groups -OCH3 is 1. The molecule has 0 unspecified atom stereocenters. The van der Waals surface area contributed by atoms with E-state index in [9.17, 15) is 4.79 Å². The van der Waals surface area contributed by atoms with Gasteiger partial charge in [0, 0.05) is 32.4 Å². The van der Waals surface area contributed by atoms with Gasteiger partial charge in [-0.1, -0.05) is 29.4 Å². The van der Waals surface area contributed by atoms with Gasteiger partial charge in [0.25, 0.3) is 5.91 Å². The molecular weight excluding hydrogens is 420 g/mol. The highest BCUT2D eigenvalue weighted by Crippen LogP contribution is 2.24. The maximum atomic E-state index is 13.1. The zero-order valence-electron chi connectivity index (χ0n) is 18.5. The first-order valence-electron chi connectivity index (χ1n) is 10.7. The molecule has 2 aromatic heterocycles. The minimum absolute atomic E-state index is 0.0947. The Hall–Kier alpha value is -4.21. The summed E-state index contributed by atoms with van der Waals surface area (Å²) in [5.41, 5.74) is 3.19. The normalized spacial score (nSPS) is 13.9. The van der Waals surface area contributed by atoms with E-state index in [4.69, 9.17) is 4.74 Å². The SMILES string of the molecule is COc1ccc(C)cc1-n1ccc(C(=O)N2CCN(c3nnnn3-c3ccccc3)CC2)n1. The lowest BCUT2D eigenvalue weighted by Gasteiger charge is -2.34. The largest absolute Gasteiger partial charge is 0.494 e. The second kappa shape index (κ2) is 8.73. The third-order valence-electron chi connectivity index (χ3n) is 5.69. The van der Waals surface area contributed by atoms with Gasteiger partial charge in [-0.25, -0.2) is 4.68 Å². The predicted molar refractivity (Wildman–Crippen MR) is 122 cm³/mol. The van der Waals surface area contributed by atoms with Gasteiger partial charge >= 0.3 is 0 Å². The van der Waals surface area contributed by atoms with Crippen LogP contribution in [0.5, 0.6) is 5.75 Å². The van der Waals surface area contributed by atoms with Crippen molar-refractivity contribution in [3.8, 4) is 17.1 Å². The van der Waals surface area contributed by atoms with Crippen molar-refractivity contribution in [2.24, 2.45) is 0 Å². The average molecular weight is 444 g/mol. The Balaban J connectivity index is 1.28. The molecule has 1 saturated heterocycles. The van der Waals surface area contributed by atoms with Crippen LogP contribution in [-0.2, 0) is 0 Å². The molecule has 1 aliphatic heterocycles. The van der Waals surface area contributed by atoms with E-state index in [1.165, 1.54) is 0 Å². The summed E-state index contributed by atoms with van der Waals surface area (Å²) in [6.07, 6.45) is 1.79. The lowest BCUT2D eigenvalue weighted by molar-refractivity contribution is 0.0739. The third-order valence-corrected chi connectivity index (χ3v) is 5.69. The Morgan fingerprint density at radius 3 is 2.55 bits per heavy atom. The molecule has 0 aliphatic carbocycles. The smallest absolute Gasteiger partial charge is 0.274 e. The molecule has 168 valence electrons. The minimum atomic E-state index is -0.0947. The lowest BCUT2D eigenvalue weighted by atomic mass is 10.2. The monoisotopic (exact) mass is 444 g/mol. The second-order valence-corrected chi connectivity index (χ2v) is 7.83. The fraction of sp³-hybridized carbons (Fsp3) is 0.261. The van der Waals surface area contributed by atoms with Crippen LogP contribution < -0.4 is 9.64 Å². The number of rotatable bonds is 5. The summed E-state index contributed by atoms with van der Waals surface area (Å²) in [6, 6.07) is 17.4. The summed E-state index contributed by atoms with van der Waals surface area (Å²) in [4.78, 5) is 17.0. The van der Waals surface area contributed by atoms with Gasteiger partial charge in [-0.2, -0.15) is 9.78 Å². The first-order chi connectivity index (χ1) is 16.1. The van der Waals surface area contributed by atoms with Gasteiger partial charge in [-0.15, -0.1) is 0 Å². The van der Waals surface area contributed by atoms with E-state index in [2.05, 4.69) is 25.5 Å². The molecule has 3 heterocycles. The van der Waals surface area contributed by atoms with E-state index in [0.29, 0.717) is 43.6 Å². The fourth-order valence-corrected chi connectivity index (χ4v) is 3.94. The molecule has 5 rings (SSSR count). The van der Waals surface area contributed by atoms with Crippen LogP contribution in [0.25, 0.3) is 11.4 Å². The molecule has 1 aliphatic rings. The predicted octanol–water partition coefficient (Wildman–Crippen LogP) is 2.13. The highest BCUT2D eigenvalue weighted by molar-refractivity contribution is 5.92. The Morgan fingerprint density at radius 1 is 1.00 bits per heavy atom. The highest BCUT2D eigenvalue weighted by atomic mass is 16.5. The first kappa shape index (κ1) is 20.7. The molecule has 10 nitrogen and oxygen atoms in total. The average Bonchev–Trinajstić information content (AvgIpc) is 3.55. The van der Waals surface area contributed by atoms with Crippen LogP contribution in [0.15, 0.2) is 60.8 Å². The third kappa shape index (κ3) is 4.02. The molecule has 0 radical (unpaired) electrons. The van der Waals surface area contributed by atoms with Crippen molar-refractivity contribution in [1.29, 1.82) is 0 Å². The van der Waals surface area contributed by atoms with Gasteiger partial charge in [0.2, 0.25) is 5.95 Å². The molecule has 10 heteroatoms. The number of aromatic nitrogens is 6. The van der Waals surface area contributed by atoms with Crippen molar-refractivity contribution in [3.63, 3.8) is 0 Å². The van der Waals surface area contributed by atoms with Crippen LogP contribution in [0.1, 0.15) is 16.1 Å². The van der Waals surface area contributed by atoms with Crippen molar-refractivity contribution in [1.82, 2.24) is 34.9 Å². The molecule has 0 saturated carbocycles. The summed E-state index contributed by atoms with van der Waals surface area (Å²) in [5, 5.41) is 16.7. The number of hydrogen-bond donors (Lipinski definition) is 0. The molecule has 1 amide bonds. The molecule has 0 N–H and O–H groups in total. The summed E-state index contributed by atoms with van der Waals surface area (Å²) >= 11 is 0. The topological polar surface area (TPSA) is 94.2 Å². The van der Waals surface area contributed by atoms with E-state index in [0.717, 1.165) is 16.9 Å². The Labute approximate surface area is 191 Å². The van der Waals surface area contributed by atoms with Gasteiger partial charge < -0.3 is 14.5 Å². The maximum absolute atomic E-state index is 13.1. The number of aryl methyl sites for hydroxylation is 1. The molecule has 2 aromatic carbocycles. The number of para-hydroxylation sites is 1. The van der Waals surface area contributed by atoms with Crippen LogP contribution in [0.2, 0.25) is 0 Å². The van der Waals surface area contributed by atoms with Crippen molar-refractivity contribution in [2.75, 3.05) is 38.2 Å². The van der Waals surface area contributed by atoms with Crippen LogP contribution >= 0.6 is 0 Å². The van der Waals surface area contributed by atoms with E-state index in [1.54, 1.807) is 28.7 Å². The molecule has 1 fully saturated rings. The molecule has 0 spiro atoms. The van der Waals surface area contributed by atoms with Gasteiger partial charge in [0.15, 0.2) is 5.69 Å². The first-order valence-corrected chi connectivity index (χ1v) is 10.7. The molecular formula is C23H24N8O2. The zero-order chi connectivity index (χ0) is 22.8. The van der Waals surface area contributed by atoms with Gasteiger partial charge in [0.05, 0.1) is 12.8 Å². The summed E-state index contributed by atoms with van der Waals surface area (Å²) in [6.45, 7) is 4.38.